The molecule has 0 saturated carbocycles. The fraction of sp³-hybridized carbons (Fsp3) is 0.947. The molecule has 3 heteroatoms. The molecular weight excluding hydrogens is 274 g/mol. The number of nitrogens with zero attached hydrogens (tertiary/aromatic N) is 1. The van der Waals surface area contributed by atoms with Gasteiger partial charge in [-0.3, -0.25) is 4.79 Å². The van der Waals surface area contributed by atoms with Gasteiger partial charge in [-0.05, 0) is 13.3 Å². The first kappa shape index (κ1) is 21.4. The molecule has 0 aliphatic heterocycles. The molecule has 0 radical (unpaired) electrons. The van der Waals surface area contributed by atoms with Crippen LogP contribution in [0, 0.1) is 0 Å². The minimum Gasteiger partial charge on any atom is -0.374 e. The van der Waals surface area contributed by atoms with Crippen molar-refractivity contribution in [1.82, 2.24) is 4.90 Å². The lowest BCUT2D eigenvalue weighted by molar-refractivity contribution is -0.137. The molecule has 0 bridgehead atoms. The number of carbonyl (C=O) groups is 1. The van der Waals surface area contributed by atoms with Crippen LogP contribution in [0.2, 0.25) is 0 Å². The van der Waals surface area contributed by atoms with Crippen molar-refractivity contribution in [2.45, 2.75) is 110 Å². The quantitative estimate of drug-likeness (QED) is 0.331. The van der Waals surface area contributed by atoms with Crippen molar-refractivity contribution in [1.29, 1.82) is 0 Å². The summed E-state index contributed by atoms with van der Waals surface area (Å²) in [5, 5.41) is 9.30. The molecule has 0 rings (SSSR count). The van der Waals surface area contributed by atoms with Gasteiger partial charge in [-0.25, -0.2) is 0 Å². The van der Waals surface area contributed by atoms with Gasteiger partial charge in [0.2, 0.25) is 5.91 Å². The normalized spacial score (nSPS) is 12.4. The summed E-state index contributed by atoms with van der Waals surface area (Å²) in [6.07, 6.45) is 17.0. The van der Waals surface area contributed by atoms with Crippen LogP contribution in [0.3, 0.4) is 0 Å². The lowest BCUT2D eigenvalue weighted by Crippen LogP contribution is -2.34. The van der Waals surface area contributed by atoms with Crippen LogP contribution < -0.4 is 0 Å². The molecule has 3 nitrogen and oxygen atoms in total. The number of aliphatic hydroxyl groups is 1. The van der Waals surface area contributed by atoms with E-state index in [9.17, 15) is 9.90 Å². The van der Waals surface area contributed by atoms with Gasteiger partial charge in [-0.15, -0.1) is 0 Å². The van der Waals surface area contributed by atoms with Crippen LogP contribution in [0.15, 0.2) is 0 Å². The number of unbranched alkanes of at least 4 members (excludes halogenated alkanes) is 12. The smallest absolute Gasteiger partial charge is 0.224 e. The Labute approximate surface area is 138 Å². The summed E-state index contributed by atoms with van der Waals surface area (Å²) in [7, 11) is 1.66. The Morgan fingerprint density at radius 2 is 1.18 bits per heavy atom. The molecule has 0 saturated heterocycles. The van der Waals surface area contributed by atoms with Crippen LogP contribution in [0.5, 0.6) is 0 Å². The maximum absolute atomic E-state index is 11.7. The third-order valence-corrected chi connectivity index (χ3v) is 4.45. The second-order valence-corrected chi connectivity index (χ2v) is 6.63. The first-order chi connectivity index (χ1) is 10.6. The SMILES string of the molecule is CCCCCCCCCCCCCCCC(=O)N(C)C(C)O. The summed E-state index contributed by atoms with van der Waals surface area (Å²) in [4.78, 5) is 13.1. The van der Waals surface area contributed by atoms with Gasteiger partial charge in [-0.1, -0.05) is 84.0 Å². The largest absolute Gasteiger partial charge is 0.374 e. The van der Waals surface area contributed by atoms with E-state index in [1.54, 1.807) is 14.0 Å². The monoisotopic (exact) mass is 313 g/mol. The topological polar surface area (TPSA) is 40.5 Å². The van der Waals surface area contributed by atoms with Gasteiger partial charge in [0.05, 0.1) is 0 Å². The highest BCUT2D eigenvalue weighted by molar-refractivity contribution is 5.75. The average molecular weight is 314 g/mol. The molecule has 0 fully saturated rings. The third kappa shape index (κ3) is 13.1. The van der Waals surface area contributed by atoms with Gasteiger partial charge >= 0.3 is 0 Å². The Hall–Kier alpha value is -0.570. The molecule has 1 unspecified atom stereocenters. The van der Waals surface area contributed by atoms with E-state index in [2.05, 4.69) is 6.92 Å². The standard InChI is InChI=1S/C19H39NO2/c1-4-5-6-7-8-9-10-11-12-13-14-15-16-17-19(22)20(3)18(2)21/h18,21H,4-17H2,1-3H3. The molecule has 132 valence electrons. The predicted molar refractivity (Wildman–Crippen MR) is 94.8 cm³/mol. The lowest BCUT2D eigenvalue weighted by atomic mass is 10.0. The minimum absolute atomic E-state index is 0.0538. The third-order valence-electron chi connectivity index (χ3n) is 4.45. The van der Waals surface area contributed by atoms with Gasteiger partial charge in [0.25, 0.3) is 0 Å². The summed E-state index contributed by atoms with van der Waals surface area (Å²) in [6.45, 7) is 3.89. The zero-order valence-corrected chi connectivity index (χ0v) is 15.3. The highest BCUT2D eigenvalue weighted by Gasteiger charge is 2.11. The average Bonchev–Trinajstić information content (AvgIpc) is 2.50. The molecule has 0 aromatic rings. The van der Waals surface area contributed by atoms with E-state index >= 15 is 0 Å². The predicted octanol–water partition coefficient (Wildman–Crippen LogP) is 5.26. The zero-order chi connectivity index (χ0) is 16.6. The zero-order valence-electron chi connectivity index (χ0n) is 15.3. The molecule has 0 aliphatic carbocycles. The van der Waals surface area contributed by atoms with Crippen LogP contribution in [0.4, 0.5) is 0 Å². The van der Waals surface area contributed by atoms with E-state index in [1.165, 1.54) is 75.5 Å². The summed E-state index contributed by atoms with van der Waals surface area (Å²) in [6, 6.07) is 0. The van der Waals surface area contributed by atoms with E-state index in [-0.39, 0.29) is 5.91 Å². The van der Waals surface area contributed by atoms with Gasteiger partial charge in [0, 0.05) is 13.5 Å². The van der Waals surface area contributed by atoms with Crippen molar-refractivity contribution in [2.24, 2.45) is 0 Å². The van der Waals surface area contributed by atoms with Crippen LogP contribution in [-0.2, 0) is 4.79 Å². The molecule has 22 heavy (non-hydrogen) atoms. The maximum atomic E-state index is 11.7. The molecule has 0 aromatic heterocycles. The Bertz CT molecular complexity index is 254. The van der Waals surface area contributed by atoms with Crippen LogP contribution in [0.1, 0.15) is 104 Å². The van der Waals surface area contributed by atoms with E-state index < -0.39 is 6.23 Å². The Kier molecular flexibility index (Phi) is 14.9. The molecular formula is C19H39NO2. The molecule has 1 amide bonds. The molecule has 0 heterocycles. The van der Waals surface area contributed by atoms with Crippen molar-refractivity contribution in [2.75, 3.05) is 7.05 Å². The minimum atomic E-state index is -0.672. The van der Waals surface area contributed by atoms with Crippen LogP contribution in [-0.4, -0.2) is 29.2 Å². The molecule has 1 atom stereocenters. The van der Waals surface area contributed by atoms with Crippen molar-refractivity contribution < 1.29 is 9.90 Å². The van der Waals surface area contributed by atoms with Crippen molar-refractivity contribution in [3.05, 3.63) is 0 Å². The van der Waals surface area contributed by atoms with Crippen molar-refractivity contribution in [3.8, 4) is 0 Å². The number of rotatable bonds is 15. The van der Waals surface area contributed by atoms with Crippen LogP contribution >= 0.6 is 0 Å². The second kappa shape index (κ2) is 15.3. The first-order valence-electron chi connectivity index (χ1n) is 9.53. The van der Waals surface area contributed by atoms with Crippen LogP contribution in [0.25, 0.3) is 0 Å². The molecule has 1 N–H and O–H groups in total. The van der Waals surface area contributed by atoms with E-state index in [1.807, 2.05) is 0 Å². The molecule has 0 aliphatic rings. The summed E-state index contributed by atoms with van der Waals surface area (Å²) >= 11 is 0. The maximum Gasteiger partial charge on any atom is 0.224 e. The van der Waals surface area contributed by atoms with E-state index in [0.29, 0.717) is 6.42 Å². The van der Waals surface area contributed by atoms with Gasteiger partial charge in [0.15, 0.2) is 0 Å². The number of carbonyl (C=O) groups excluding carboxylic acids is 1. The number of hydrogen-bond acceptors (Lipinski definition) is 2. The fourth-order valence-corrected chi connectivity index (χ4v) is 2.68. The summed E-state index contributed by atoms with van der Waals surface area (Å²) in [5.41, 5.74) is 0. The van der Waals surface area contributed by atoms with Gasteiger partial charge in [-0.2, -0.15) is 0 Å². The second-order valence-electron chi connectivity index (χ2n) is 6.63. The Balaban J connectivity index is 3.19. The number of hydrogen-bond donors (Lipinski definition) is 1. The summed E-state index contributed by atoms with van der Waals surface area (Å²) < 4.78 is 0. The van der Waals surface area contributed by atoms with Gasteiger partial charge < -0.3 is 10.0 Å². The Morgan fingerprint density at radius 1 is 0.818 bits per heavy atom. The molecule has 0 aromatic carbocycles. The van der Waals surface area contributed by atoms with Gasteiger partial charge in [0.1, 0.15) is 6.23 Å². The highest BCUT2D eigenvalue weighted by atomic mass is 16.3. The fourth-order valence-electron chi connectivity index (χ4n) is 2.68. The highest BCUT2D eigenvalue weighted by Crippen LogP contribution is 2.13. The first-order valence-corrected chi connectivity index (χ1v) is 9.53. The summed E-state index contributed by atoms with van der Waals surface area (Å²) in [5.74, 6) is 0.0538. The Morgan fingerprint density at radius 3 is 1.55 bits per heavy atom. The lowest BCUT2D eigenvalue weighted by Gasteiger charge is -2.20. The van der Waals surface area contributed by atoms with E-state index in [0.717, 1.165) is 12.8 Å². The number of aliphatic hydroxyl groups excluding tert-OH is 1. The van der Waals surface area contributed by atoms with E-state index in [4.69, 9.17) is 0 Å². The number of amides is 1. The molecule has 0 spiro atoms. The van der Waals surface area contributed by atoms with Crippen molar-refractivity contribution >= 4 is 5.91 Å². The van der Waals surface area contributed by atoms with Crippen molar-refractivity contribution in [3.63, 3.8) is 0 Å².